The van der Waals surface area contributed by atoms with Gasteiger partial charge in [-0.1, -0.05) is 18.2 Å². The highest BCUT2D eigenvalue weighted by Gasteiger charge is 2.27. The quantitative estimate of drug-likeness (QED) is 0.826. The second kappa shape index (κ2) is 6.20. The fourth-order valence-corrected chi connectivity index (χ4v) is 1.56. The molecule has 18 heavy (non-hydrogen) atoms. The molecule has 102 valence electrons. The zero-order valence-electron chi connectivity index (χ0n) is 10.6. The minimum Gasteiger partial charge on any atom is -0.372 e. The van der Waals surface area contributed by atoms with Crippen molar-refractivity contribution in [2.24, 2.45) is 5.73 Å². The lowest BCUT2D eigenvalue weighted by Gasteiger charge is -2.14. The number of alkyl halides is 3. The van der Waals surface area contributed by atoms with Gasteiger partial charge in [-0.2, -0.15) is 13.2 Å². The molecule has 0 aliphatic rings. The summed E-state index contributed by atoms with van der Waals surface area (Å²) in [6, 6.07) is 5.53. The smallest absolute Gasteiger partial charge is 0.372 e. The van der Waals surface area contributed by atoms with Gasteiger partial charge >= 0.3 is 6.18 Å². The van der Waals surface area contributed by atoms with Gasteiger partial charge in [-0.25, -0.2) is 0 Å². The molecular weight excluding hydrogens is 243 g/mol. The molecule has 1 rings (SSSR count). The number of hydrogen-bond donors (Lipinski definition) is 1. The van der Waals surface area contributed by atoms with Gasteiger partial charge in [-0.05, 0) is 37.0 Å². The normalized spacial score (nSPS) is 13.7. The van der Waals surface area contributed by atoms with Gasteiger partial charge in [-0.15, -0.1) is 0 Å². The molecule has 0 aliphatic heterocycles. The monoisotopic (exact) mass is 261 g/mol. The number of aryl methyl sites for hydroxylation is 2. The Morgan fingerprint density at radius 1 is 1.22 bits per heavy atom. The molecule has 0 aromatic heterocycles. The standard InChI is InChI=1S/C13H18F3NO/c1-9-3-4-11(7-10(9)2)12(17)5-6-18-8-13(14,15)16/h3-4,7,12H,5-6,8,17H2,1-2H3. The Hall–Kier alpha value is -1.07. The molecule has 5 heteroatoms. The average Bonchev–Trinajstić information content (AvgIpc) is 2.26. The summed E-state index contributed by atoms with van der Waals surface area (Å²) in [5, 5.41) is 0. The van der Waals surface area contributed by atoms with Crippen LogP contribution in [0.3, 0.4) is 0 Å². The molecule has 0 spiro atoms. The van der Waals surface area contributed by atoms with Crippen LogP contribution in [-0.4, -0.2) is 19.4 Å². The molecule has 0 saturated heterocycles. The highest BCUT2D eigenvalue weighted by molar-refractivity contribution is 5.31. The van der Waals surface area contributed by atoms with E-state index < -0.39 is 12.8 Å². The van der Waals surface area contributed by atoms with E-state index in [-0.39, 0.29) is 12.6 Å². The number of benzene rings is 1. The van der Waals surface area contributed by atoms with Crippen LogP contribution in [0, 0.1) is 13.8 Å². The summed E-state index contributed by atoms with van der Waals surface area (Å²) >= 11 is 0. The molecule has 0 fully saturated rings. The maximum atomic E-state index is 11.8. The van der Waals surface area contributed by atoms with Crippen molar-refractivity contribution in [1.29, 1.82) is 0 Å². The van der Waals surface area contributed by atoms with Crippen molar-refractivity contribution >= 4 is 0 Å². The van der Waals surface area contributed by atoms with Crippen LogP contribution >= 0.6 is 0 Å². The summed E-state index contributed by atoms with van der Waals surface area (Å²) in [7, 11) is 0. The van der Waals surface area contributed by atoms with Crippen molar-refractivity contribution < 1.29 is 17.9 Å². The van der Waals surface area contributed by atoms with Gasteiger partial charge in [-0.3, -0.25) is 0 Å². The molecule has 1 atom stereocenters. The highest BCUT2D eigenvalue weighted by Crippen LogP contribution is 2.19. The van der Waals surface area contributed by atoms with E-state index in [0.717, 1.165) is 11.1 Å². The summed E-state index contributed by atoms with van der Waals surface area (Å²) in [6.07, 6.45) is -3.90. The van der Waals surface area contributed by atoms with Crippen LogP contribution in [-0.2, 0) is 4.74 Å². The van der Waals surface area contributed by atoms with E-state index in [9.17, 15) is 13.2 Å². The van der Waals surface area contributed by atoms with Crippen LogP contribution in [0.2, 0.25) is 0 Å². The summed E-state index contributed by atoms with van der Waals surface area (Å²) in [5.74, 6) is 0. The van der Waals surface area contributed by atoms with Crippen LogP contribution in [0.15, 0.2) is 18.2 Å². The van der Waals surface area contributed by atoms with Gasteiger partial charge in [0.2, 0.25) is 0 Å². The fraction of sp³-hybridized carbons (Fsp3) is 0.538. The number of halogens is 3. The maximum absolute atomic E-state index is 11.8. The number of hydrogen-bond acceptors (Lipinski definition) is 2. The molecule has 2 N–H and O–H groups in total. The Morgan fingerprint density at radius 2 is 1.89 bits per heavy atom. The lowest BCUT2D eigenvalue weighted by molar-refractivity contribution is -0.174. The molecule has 0 saturated carbocycles. The van der Waals surface area contributed by atoms with E-state index in [4.69, 9.17) is 5.73 Å². The first-order valence-corrected chi connectivity index (χ1v) is 5.77. The van der Waals surface area contributed by atoms with E-state index in [1.165, 1.54) is 5.56 Å². The SMILES string of the molecule is Cc1ccc(C(N)CCOCC(F)(F)F)cc1C. The zero-order valence-corrected chi connectivity index (χ0v) is 10.6. The molecule has 2 nitrogen and oxygen atoms in total. The second-order valence-electron chi connectivity index (χ2n) is 4.41. The molecular formula is C13H18F3NO. The Bertz CT molecular complexity index is 390. The predicted molar refractivity (Wildman–Crippen MR) is 64.3 cm³/mol. The van der Waals surface area contributed by atoms with Gasteiger partial charge in [0.1, 0.15) is 6.61 Å². The first-order valence-electron chi connectivity index (χ1n) is 5.77. The number of nitrogens with two attached hydrogens (primary N) is 1. The number of rotatable bonds is 5. The molecule has 0 heterocycles. The van der Waals surface area contributed by atoms with Crippen LogP contribution in [0.1, 0.15) is 29.2 Å². The molecule has 0 aliphatic carbocycles. The van der Waals surface area contributed by atoms with Crippen LogP contribution < -0.4 is 5.73 Å². The third-order valence-corrected chi connectivity index (χ3v) is 2.80. The zero-order chi connectivity index (χ0) is 13.8. The Morgan fingerprint density at radius 3 is 2.44 bits per heavy atom. The molecule has 1 aromatic rings. The fourth-order valence-electron chi connectivity index (χ4n) is 1.56. The minimum absolute atomic E-state index is 0.00754. The Balaban J connectivity index is 2.41. The summed E-state index contributed by atoms with van der Waals surface area (Å²) in [6.45, 7) is 2.77. The van der Waals surface area contributed by atoms with E-state index >= 15 is 0 Å². The lowest BCUT2D eigenvalue weighted by Crippen LogP contribution is -2.19. The Labute approximate surface area is 105 Å². The van der Waals surface area contributed by atoms with Crippen LogP contribution in [0.25, 0.3) is 0 Å². The van der Waals surface area contributed by atoms with Crippen LogP contribution in [0.5, 0.6) is 0 Å². The largest absolute Gasteiger partial charge is 0.411 e. The first-order chi connectivity index (χ1) is 8.29. The third kappa shape index (κ3) is 5.06. The summed E-state index contributed by atoms with van der Waals surface area (Å²) in [5.41, 5.74) is 9.12. The van der Waals surface area contributed by atoms with E-state index in [1.807, 2.05) is 32.0 Å². The topological polar surface area (TPSA) is 35.2 Å². The summed E-state index contributed by atoms with van der Waals surface area (Å²) in [4.78, 5) is 0. The van der Waals surface area contributed by atoms with Crippen molar-refractivity contribution in [3.63, 3.8) is 0 Å². The molecule has 0 bridgehead atoms. The Kier molecular flexibility index (Phi) is 5.16. The van der Waals surface area contributed by atoms with Gasteiger partial charge < -0.3 is 10.5 Å². The highest BCUT2D eigenvalue weighted by atomic mass is 19.4. The first kappa shape index (κ1) is 15.0. The molecule has 1 unspecified atom stereocenters. The third-order valence-electron chi connectivity index (χ3n) is 2.80. The van der Waals surface area contributed by atoms with E-state index in [1.54, 1.807) is 0 Å². The van der Waals surface area contributed by atoms with Gasteiger partial charge in [0.15, 0.2) is 0 Å². The minimum atomic E-state index is -4.27. The van der Waals surface area contributed by atoms with E-state index in [2.05, 4.69) is 4.74 Å². The second-order valence-corrected chi connectivity index (χ2v) is 4.41. The lowest BCUT2D eigenvalue weighted by atomic mass is 10.00. The van der Waals surface area contributed by atoms with E-state index in [0.29, 0.717) is 6.42 Å². The number of ether oxygens (including phenoxy) is 1. The van der Waals surface area contributed by atoms with Crippen molar-refractivity contribution in [1.82, 2.24) is 0 Å². The van der Waals surface area contributed by atoms with Crippen molar-refractivity contribution in [3.8, 4) is 0 Å². The maximum Gasteiger partial charge on any atom is 0.411 e. The van der Waals surface area contributed by atoms with Gasteiger partial charge in [0, 0.05) is 12.6 Å². The van der Waals surface area contributed by atoms with Gasteiger partial charge in [0.25, 0.3) is 0 Å². The van der Waals surface area contributed by atoms with Gasteiger partial charge in [0.05, 0.1) is 0 Å². The van der Waals surface area contributed by atoms with Crippen molar-refractivity contribution in [2.75, 3.05) is 13.2 Å². The molecule has 1 aromatic carbocycles. The molecule has 0 radical (unpaired) electrons. The average molecular weight is 261 g/mol. The van der Waals surface area contributed by atoms with Crippen molar-refractivity contribution in [2.45, 2.75) is 32.5 Å². The molecule has 0 amide bonds. The summed E-state index contributed by atoms with van der Waals surface area (Å²) < 4.78 is 40.1. The van der Waals surface area contributed by atoms with Crippen LogP contribution in [0.4, 0.5) is 13.2 Å². The predicted octanol–water partition coefficient (Wildman–Crippen LogP) is 3.27. The van der Waals surface area contributed by atoms with Crippen molar-refractivity contribution in [3.05, 3.63) is 34.9 Å².